The zero-order valence-electron chi connectivity index (χ0n) is 19.5. The molecule has 0 radical (unpaired) electrons. The van der Waals surface area contributed by atoms with Crippen LogP contribution in [0.3, 0.4) is 0 Å². The van der Waals surface area contributed by atoms with Gasteiger partial charge in [-0.2, -0.15) is 0 Å². The highest BCUT2D eigenvalue weighted by atomic mass is 79.9. The second-order valence-electron chi connectivity index (χ2n) is 8.52. The zero-order valence-corrected chi connectivity index (χ0v) is 21.9. The van der Waals surface area contributed by atoms with E-state index < -0.39 is 27.8 Å². The van der Waals surface area contributed by atoms with Gasteiger partial charge in [0.15, 0.2) is 0 Å². The monoisotopic (exact) mass is 549 g/mol. The van der Waals surface area contributed by atoms with Gasteiger partial charge in [-0.25, -0.2) is 12.7 Å². The van der Waals surface area contributed by atoms with Crippen LogP contribution < -0.4 is 0 Å². The predicted molar refractivity (Wildman–Crippen MR) is 134 cm³/mol. The van der Waals surface area contributed by atoms with E-state index in [2.05, 4.69) is 15.9 Å². The molecule has 1 N–H and O–H groups in total. The number of Topliss-reactive ketones (excluding diaryl/α,β-unsaturated/α-hetero) is 1. The number of rotatable bonds is 8. The number of hydrogen-bond acceptors (Lipinski definition) is 6. The molecular formula is C24H28BrN3O5S. The van der Waals surface area contributed by atoms with E-state index in [1.807, 2.05) is 31.1 Å². The number of halogens is 1. The number of aliphatic hydroxyl groups excluding tert-OH is 1. The first kappa shape index (κ1) is 26.1. The second-order valence-corrected chi connectivity index (χ2v) is 11.6. The summed E-state index contributed by atoms with van der Waals surface area (Å²) in [4.78, 5) is 29.6. The molecule has 1 aliphatic heterocycles. The smallest absolute Gasteiger partial charge is 0.295 e. The van der Waals surface area contributed by atoms with Crippen LogP contribution in [-0.4, -0.2) is 80.6 Å². The van der Waals surface area contributed by atoms with Gasteiger partial charge in [-0.15, -0.1) is 0 Å². The number of nitrogens with zero attached hydrogens (tertiary/aromatic N) is 3. The minimum absolute atomic E-state index is 0.0174. The van der Waals surface area contributed by atoms with Crippen molar-refractivity contribution in [3.05, 3.63) is 69.7 Å². The van der Waals surface area contributed by atoms with Gasteiger partial charge in [-0.3, -0.25) is 9.59 Å². The highest BCUT2D eigenvalue weighted by Crippen LogP contribution is 2.40. The Morgan fingerprint density at radius 1 is 1.06 bits per heavy atom. The third-order valence-electron chi connectivity index (χ3n) is 5.62. The van der Waals surface area contributed by atoms with Crippen molar-refractivity contribution in [2.24, 2.45) is 0 Å². The molecule has 1 aliphatic rings. The van der Waals surface area contributed by atoms with Gasteiger partial charge < -0.3 is 14.9 Å². The quantitative estimate of drug-likeness (QED) is 0.308. The van der Waals surface area contributed by atoms with E-state index in [4.69, 9.17) is 0 Å². The maximum Gasteiger partial charge on any atom is 0.295 e. The van der Waals surface area contributed by atoms with E-state index in [-0.39, 0.29) is 21.8 Å². The van der Waals surface area contributed by atoms with E-state index in [1.165, 1.54) is 43.3 Å². The summed E-state index contributed by atoms with van der Waals surface area (Å²) in [6, 6.07) is 12.1. The standard InChI is InChI=1S/C24H28BrN3O5S/c1-26(2)13-6-14-28-21(17-7-5-8-18(25)15-17)20(23(30)24(28)31)22(29)16-9-11-19(12-10-16)34(32,33)27(3)4/h5,7-12,15,21,29H,6,13-14H2,1-4H3/t21-/m1/s1. The molecule has 1 saturated heterocycles. The van der Waals surface area contributed by atoms with Crippen molar-refractivity contribution in [1.82, 2.24) is 14.1 Å². The molecule has 8 nitrogen and oxygen atoms in total. The molecule has 1 amide bonds. The van der Waals surface area contributed by atoms with E-state index in [0.29, 0.717) is 18.5 Å². The second kappa shape index (κ2) is 10.4. The van der Waals surface area contributed by atoms with E-state index >= 15 is 0 Å². The molecule has 3 rings (SSSR count). The summed E-state index contributed by atoms with van der Waals surface area (Å²) in [5, 5.41) is 11.1. The average Bonchev–Trinajstić information content (AvgIpc) is 3.03. The van der Waals surface area contributed by atoms with Gasteiger partial charge in [0, 0.05) is 30.7 Å². The van der Waals surface area contributed by atoms with Crippen LogP contribution in [0, 0.1) is 0 Å². The van der Waals surface area contributed by atoms with Gasteiger partial charge in [0.2, 0.25) is 10.0 Å². The summed E-state index contributed by atoms with van der Waals surface area (Å²) >= 11 is 3.44. The number of hydrogen-bond donors (Lipinski definition) is 1. The van der Waals surface area contributed by atoms with Crippen molar-refractivity contribution in [3.63, 3.8) is 0 Å². The lowest BCUT2D eigenvalue weighted by Gasteiger charge is -2.26. The molecule has 182 valence electrons. The Balaban J connectivity index is 2.09. The molecule has 0 aliphatic carbocycles. The molecule has 0 bridgehead atoms. The zero-order chi connectivity index (χ0) is 25.2. The van der Waals surface area contributed by atoms with E-state index in [9.17, 15) is 23.1 Å². The molecule has 0 aromatic heterocycles. The molecule has 10 heteroatoms. The Kier molecular flexibility index (Phi) is 7.97. The van der Waals surface area contributed by atoms with Crippen LogP contribution in [0.15, 0.2) is 63.5 Å². The summed E-state index contributed by atoms with van der Waals surface area (Å²) in [7, 11) is 3.07. The highest BCUT2D eigenvalue weighted by Gasteiger charge is 2.45. The first-order valence-electron chi connectivity index (χ1n) is 10.7. The lowest BCUT2D eigenvalue weighted by Crippen LogP contribution is -2.32. The minimum atomic E-state index is -3.65. The fourth-order valence-electron chi connectivity index (χ4n) is 3.84. The Hall–Kier alpha value is -2.53. The molecule has 1 atom stereocenters. The first-order valence-corrected chi connectivity index (χ1v) is 12.9. The maximum atomic E-state index is 13.1. The molecule has 0 saturated carbocycles. The summed E-state index contributed by atoms with van der Waals surface area (Å²) < 4.78 is 26.6. The fourth-order valence-corrected chi connectivity index (χ4v) is 5.16. The molecule has 1 heterocycles. The van der Waals surface area contributed by atoms with Gasteiger partial charge in [0.25, 0.3) is 11.7 Å². The predicted octanol–water partition coefficient (Wildman–Crippen LogP) is 3.07. The van der Waals surface area contributed by atoms with Gasteiger partial charge in [0.05, 0.1) is 16.5 Å². The topological polar surface area (TPSA) is 98.2 Å². The number of ketones is 1. The Morgan fingerprint density at radius 2 is 1.71 bits per heavy atom. The molecule has 1 fully saturated rings. The number of benzene rings is 2. The minimum Gasteiger partial charge on any atom is -0.507 e. The third kappa shape index (κ3) is 5.25. The van der Waals surface area contributed by atoms with Crippen LogP contribution in [0.5, 0.6) is 0 Å². The third-order valence-corrected chi connectivity index (χ3v) is 7.94. The summed E-state index contributed by atoms with van der Waals surface area (Å²) in [5.41, 5.74) is 0.923. The normalized spacial score (nSPS) is 18.3. The van der Waals surface area contributed by atoms with Crippen LogP contribution in [0.1, 0.15) is 23.6 Å². The maximum absolute atomic E-state index is 13.1. The number of carbonyl (C=O) groups is 2. The number of amides is 1. The molecule has 34 heavy (non-hydrogen) atoms. The van der Waals surface area contributed by atoms with Crippen LogP contribution in [0.2, 0.25) is 0 Å². The van der Waals surface area contributed by atoms with Crippen LogP contribution in [0.4, 0.5) is 0 Å². The van der Waals surface area contributed by atoms with Gasteiger partial charge in [-0.05, 0) is 69.0 Å². The Labute approximate surface area is 208 Å². The van der Waals surface area contributed by atoms with Crippen molar-refractivity contribution in [2.75, 3.05) is 41.3 Å². The van der Waals surface area contributed by atoms with Crippen molar-refractivity contribution < 1.29 is 23.1 Å². The van der Waals surface area contributed by atoms with Crippen molar-refractivity contribution in [2.45, 2.75) is 17.4 Å². The van der Waals surface area contributed by atoms with Gasteiger partial charge >= 0.3 is 0 Å². The van der Waals surface area contributed by atoms with E-state index in [1.54, 1.807) is 12.1 Å². The first-order chi connectivity index (χ1) is 15.9. The largest absolute Gasteiger partial charge is 0.507 e. The lowest BCUT2D eigenvalue weighted by atomic mass is 9.95. The summed E-state index contributed by atoms with van der Waals surface area (Å²) in [6.07, 6.45) is 0.654. The van der Waals surface area contributed by atoms with E-state index in [0.717, 1.165) is 15.3 Å². The molecule has 0 unspecified atom stereocenters. The highest BCUT2D eigenvalue weighted by molar-refractivity contribution is 9.10. The lowest BCUT2D eigenvalue weighted by molar-refractivity contribution is -0.139. The number of sulfonamides is 1. The molecule has 2 aromatic rings. The number of likely N-dealkylation sites (tertiary alicyclic amines) is 1. The van der Waals surface area contributed by atoms with Crippen LogP contribution >= 0.6 is 15.9 Å². The summed E-state index contributed by atoms with van der Waals surface area (Å²) in [5.74, 6) is -1.78. The Morgan fingerprint density at radius 3 is 2.26 bits per heavy atom. The fraction of sp³-hybridized carbons (Fsp3) is 0.333. The van der Waals surface area contributed by atoms with Gasteiger partial charge in [0.1, 0.15) is 5.76 Å². The number of carbonyl (C=O) groups excluding carboxylic acids is 2. The number of aliphatic hydroxyl groups is 1. The average molecular weight is 550 g/mol. The Bertz CT molecular complexity index is 1220. The SMILES string of the molecule is CN(C)CCCN1C(=O)C(=O)C(=C(O)c2ccc(S(=O)(=O)N(C)C)cc2)[C@H]1c1cccc(Br)c1. The van der Waals surface area contributed by atoms with Crippen LogP contribution in [-0.2, 0) is 19.6 Å². The van der Waals surface area contributed by atoms with Crippen molar-refractivity contribution in [3.8, 4) is 0 Å². The van der Waals surface area contributed by atoms with Gasteiger partial charge in [-0.1, -0.05) is 28.1 Å². The molecular weight excluding hydrogens is 522 g/mol. The van der Waals surface area contributed by atoms with Crippen molar-refractivity contribution >= 4 is 43.4 Å². The molecule has 0 spiro atoms. The molecule has 2 aromatic carbocycles. The summed E-state index contributed by atoms with van der Waals surface area (Å²) in [6.45, 7) is 1.08. The van der Waals surface area contributed by atoms with Crippen LogP contribution in [0.25, 0.3) is 5.76 Å². The van der Waals surface area contributed by atoms with Crippen molar-refractivity contribution in [1.29, 1.82) is 0 Å².